The van der Waals surface area contributed by atoms with Crippen LogP contribution in [0.2, 0.25) is 0 Å². The van der Waals surface area contributed by atoms with Gasteiger partial charge in [0.15, 0.2) is 6.61 Å². The lowest BCUT2D eigenvalue weighted by atomic mass is 10.1. The Labute approximate surface area is 125 Å². The Balaban J connectivity index is 1.84. The molecule has 1 N–H and O–H groups in total. The van der Waals surface area contributed by atoms with Crippen LogP contribution in [0, 0.1) is 0 Å². The zero-order valence-electron chi connectivity index (χ0n) is 12.0. The zero-order chi connectivity index (χ0) is 15.3. The van der Waals surface area contributed by atoms with Crippen LogP contribution in [0.25, 0.3) is 0 Å². The number of amides is 1. The Kier molecular flexibility index (Phi) is 5.19. The van der Waals surface area contributed by atoms with Crippen molar-refractivity contribution in [1.29, 1.82) is 0 Å². The maximum Gasteiger partial charge on any atom is 0.260 e. The Morgan fingerprint density at radius 1 is 1.38 bits per heavy atom. The van der Waals surface area contributed by atoms with Crippen molar-refractivity contribution < 1.29 is 17.9 Å². The second kappa shape index (κ2) is 6.91. The molecule has 1 aliphatic rings. The maximum atomic E-state index is 12.1. The molecule has 1 heterocycles. The van der Waals surface area contributed by atoms with Crippen molar-refractivity contribution in [2.45, 2.75) is 18.9 Å². The molecule has 6 nitrogen and oxygen atoms in total. The van der Waals surface area contributed by atoms with Crippen molar-refractivity contribution in [3.05, 3.63) is 30.3 Å². The second-order valence-corrected chi connectivity index (χ2v) is 6.95. The highest BCUT2D eigenvalue weighted by Crippen LogP contribution is 2.12. The van der Waals surface area contributed by atoms with Crippen molar-refractivity contribution >= 4 is 15.9 Å². The summed E-state index contributed by atoms with van der Waals surface area (Å²) >= 11 is 0. The topological polar surface area (TPSA) is 75.7 Å². The number of ether oxygens (including phenoxy) is 1. The molecule has 2 rings (SSSR count). The van der Waals surface area contributed by atoms with Crippen molar-refractivity contribution in [2.75, 3.05) is 26.0 Å². The summed E-state index contributed by atoms with van der Waals surface area (Å²) in [7, 11) is -3.25. The first kappa shape index (κ1) is 15.8. The van der Waals surface area contributed by atoms with Gasteiger partial charge in [0.25, 0.3) is 5.91 Å². The van der Waals surface area contributed by atoms with Crippen LogP contribution < -0.4 is 9.46 Å². The first-order valence-corrected chi connectivity index (χ1v) is 8.76. The molecule has 116 valence electrons. The molecular weight excluding hydrogens is 292 g/mol. The van der Waals surface area contributed by atoms with Gasteiger partial charge in [-0.15, -0.1) is 0 Å². The van der Waals surface area contributed by atoms with Gasteiger partial charge in [-0.25, -0.2) is 13.1 Å². The van der Waals surface area contributed by atoms with Crippen LogP contribution in [-0.2, 0) is 14.8 Å². The van der Waals surface area contributed by atoms with Gasteiger partial charge in [-0.05, 0) is 25.0 Å². The number of nitrogens with zero attached hydrogens (tertiary/aromatic N) is 1. The van der Waals surface area contributed by atoms with Gasteiger partial charge in [0.1, 0.15) is 5.75 Å². The third-order valence-electron chi connectivity index (χ3n) is 3.26. The number of benzene rings is 1. The van der Waals surface area contributed by atoms with Crippen molar-refractivity contribution in [2.24, 2.45) is 0 Å². The first-order chi connectivity index (χ1) is 9.94. The summed E-state index contributed by atoms with van der Waals surface area (Å²) in [5.74, 6) is 0.521. The van der Waals surface area contributed by atoms with Gasteiger partial charge >= 0.3 is 0 Å². The number of likely N-dealkylation sites (tertiary alicyclic amines) is 1. The summed E-state index contributed by atoms with van der Waals surface area (Å²) in [6, 6.07) is 8.92. The molecule has 0 radical (unpaired) electrons. The molecular formula is C14H20N2O4S. The van der Waals surface area contributed by atoms with E-state index < -0.39 is 10.0 Å². The molecule has 1 atom stereocenters. The van der Waals surface area contributed by atoms with E-state index in [-0.39, 0.29) is 18.6 Å². The molecule has 0 bridgehead atoms. The monoisotopic (exact) mass is 312 g/mol. The van der Waals surface area contributed by atoms with Gasteiger partial charge in [-0.1, -0.05) is 18.2 Å². The highest BCUT2D eigenvalue weighted by Gasteiger charge is 2.25. The van der Waals surface area contributed by atoms with Crippen LogP contribution in [-0.4, -0.2) is 51.2 Å². The Morgan fingerprint density at radius 3 is 2.76 bits per heavy atom. The van der Waals surface area contributed by atoms with Crippen LogP contribution in [0.15, 0.2) is 30.3 Å². The van der Waals surface area contributed by atoms with Gasteiger partial charge in [0, 0.05) is 19.1 Å². The normalized spacial score (nSPS) is 19.3. The fourth-order valence-electron chi connectivity index (χ4n) is 2.36. The molecule has 1 aromatic carbocycles. The van der Waals surface area contributed by atoms with Crippen LogP contribution >= 0.6 is 0 Å². The van der Waals surface area contributed by atoms with Crippen LogP contribution in [0.4, 0.5) is 0 Å². The summed E-state index contributed by atoms with van der Waals surface area (Å²) in [4.78, 5) is 13.8. The van der Waals surface area contributed by atoms with Gasteiger partial charge < -0.3 is 9.64 Å². The molecule has 7 heteroatoms. The van der Waals surface area contributed by atoms with Crippen LogP contribution in [0.3, 0.4) is 0 Å². The van der Waals surface area contributed by atoms with Crippen LogP contribution in [0.1, 0.15) is 12.8 Å². The van der Waals surface area contributed by atoms with E-state index in [0.29, 0.717) is 18.8 Å². The summed E-state index contributed by atoms with van der Waals surface area (Å²) in [5, 5.41) is 0. The largest absolute Gasteiger partial charge is 0.484 e. The number of piperidine rings is 1. The summed E-state index contributed by atoms with van der Waals surface area (Å²) in [6.07, 6.45) is 2.66. The molecule has 1 aliphatic heterocycles. The van der Waals surface area contributed by atoms with Crippen molar-refractivity contribution in [3.63, 3.8) is 0 Å². The van der Waals surface area contributed by atoms with E-state index in [1.165, 1.54) is 0 Å². The van der Waals surface area contributed by atoms with Gasteiger partial charge in [-0.2, -0.15) is 0 Å². The minimum absolute atomic E-state index is 0.0321. The lowest BCUT2D eigenvalue weighted by Gasteiger charge is -2.32. The highest BCUT2D eigenvalue weighted by atomic mass is 32.2. The molecule has 1 aromatic rings. The SMILES string of the molecule is CS(=O)(=O)N[C@H]1CCCN(C(=O)COc2ccccc2)C1. The fraction of sp³-hybridized carbons (Fsp3) is 0.500. The summed E-state index contributed by atoms with van der Waals surface area (Å²) < 4.78 is 30.5. The lowest BCUT2D eigenvalue weighted by molar-refractivity contribution is -0.134. The number of nitrogens with one attached hydrogen (secondary N) is 1. The van der Waals surface area contributed by atoms with Crippen molar-refractivity contribution in [1.82, 2.24) is 9.62 Å². The average molecular weight is 312 g/mol. The Bertz CT molecular complexity index is 574. The van der Waals surface area contributed by atoms with E-state index in [0.717, 1.165) is 19.1 Å². The third kappa shape index (κ3) is 5.35. The fourth-order valence-corrected chi connectivity index (χ4v) is 3.15. The Morgan fingerprint density at radius 2 is 2.10 bits per heavy atom. The summed E-state index contributed by atoms with van der Waals surface area (Å²) in [5.41, 5.74) is 0. The number of carbonyl (C=O) groups is 1. The van der Waals surface area contributed by atoms with Gasteiger partial charge in [0.2, 0.25) is 10.0 Å². The quantitative estimate of drug-likeness (QED) is 0.864. The minimum atomic E-state index is -3.25. The number of hydrogen-bond acceptors (Lipinski definition) is 4. The first-order valence-electron chi connectivity index (χ1n) is 6.87. The van der Waals surface area contributed by atoms with Crippen molar-refractivity contribution in [3.8, 4) is 5.75 Å². The van der Waals surface area contributed by atoms with E-state index in [4.69, 9.17) is 4.74 Å². The number of para-hydroxylation sites is 1. The molecule has 21 heavy (non-hydrogen) atoms. The number of rotatable bonds is 5. The molecule has 0 aromatic heterocycles. The van der Waals surface area contributed by atoms with Gasteiger partial charge in [0.05, 0.1) is 6.26 Å². The second-order valence-electron chi connectivity index (χ2n) is 5.17. The number of sulfonamides is 1. The predicted octanol–water partition coefficient (Wildman–Crippen LogP) is 0.606. The van der Waals surface area contributed by atoms with E-state index in [1.54, 1.807) is 17.0 Å². The number of hydrogen-bond donors (Lipinski definition) is 1. The zero-order valence-corrected chi connectivity index (χ0v) is 12.8. The maximum absolute atomic E-state index is 12.1. The Hall–Kier alpha value is -1.60. The smallest absolute Gasteiger partial charge is 0.260 e. The highest BCUT2D eigenvalue weighted by molar-refractivity contribution is 7.88. The molecule has 0 spiro atoms. The predicted molar refractivity (Wildman–Crippen MR) is 79.5 cm³/mol. The van der Waals surface area contributed by atoms with Gasteiger partial charge in [-0.3, -0.25) is 4.79 Å². The van der Waals surface area contributed by atoms with Crippen LogP contribution in [0.5, 0.6) is 5.75 Å². The third-order valence-corrected chi connectivity index (χ3v) is 4.02. The molecule has 1 amide bonds. The van der Waals surface area contributed by atoms with E-state index in [9.17, 15) is 13.2 Å². The molecule has 1 fully saturated rings. The standard InChI is InChI=1S/C14H20N2O4S/c1-21(18,19)15-12-6-5-9-16(10-12)14(17)11-20-13-7-3-2-4-8-13/h2-4,7-8,12,15H,5-6,9-11H2,1H3/t12-/m0/s1. The van der Waals surface area contributed by atoms with E-state index in [1.807, 2.05) is 18.2 Å². The van der Waals surface area contributed by atoms with E-state index in [2.05, 4.69) is 4.72 Å². The molecule has 0 unspecified atom stereocenters. The lowest BCUT2D eigenvalue weighted by Crippen LogP contribution is -2.50. The molecule has 1 saturated heterocycles. The van der Waals surface area contributed by atoms with E-state index >= 15 is 0 Å². The minimum Gasteiger partial charge on any atom is -0.484 e. The summed E-state index contributed by atoms with van der Waals surface area (Å²) in [6.45, 7) is 0.999. The molecule has 0 aliphatic carbocycles. The average Bonchev–Trinajstić information content (AvgIpc) is 2.44. The molecule has 0 saturated carbocycles. The number of carbonyl (C=O) groups excluding carboxylic acids is 1.